The molecule has 0 bridgehead atoms. The number of nitrogens with zero attached hydrogens (tertiary/aromatic N) is 2. The highest BCUT2D eigenvalue weighted by Crippen LogP contribution is 2.36. The molecule has 1 aromatic heterocycles. The summed E-state index contributed by atoms with van der Waals surface area (Å²) in [5, 5.41) is 12.8. The number of aromatic nitrogens is 1. The lowest BCUT2D eigenvalue weighted by atomic mass is 9.88. The number of aliphatic hydroxyl groups excluding tert-OH is 1. The lowest BCUT2D eigenvalue weighted by molar-refractivity contribution is 0.0614. The van der Waals surface area contributed by atoms with Crippen LogP contribution < -0.4 is 5.32 Å². The van der Waals surface area contributed by atoms with Crippen LogP contribution in [0.1, 0.15) is 48.3 Å². The molecule has 0 radical (unpaired) electrons. The van der Waals surface area contributed by atoms with Gasteiger partial charge in [-0.2, -0.15) is 0 Å². The van der Waals surface area contributed by atoms with Crippen molar-refractivity contribution in [1.29, 1.82) is 0 Å². The number of benzene rings is 3. The highest BCUT2D eigenvalue weighted by atomic mass is 35.5. The van der Waals surface area contributed by atoms with Crippen molar-refractivity contribution in [3.8, 4) is 11.3 Å². The van der Waals surface area contributed by atoms with E-state index in [1.54, 1.807) is 0 Å². The lowest BCUT2D eigenvalue weighted by Crippen LogP contribution is -2.38. The standard InChI is InChI=1S/C33H36ClN3O3S/c34-31-30(28-13-11-25(23-38)12-14-28)35-32(41-31)36-33(39)37(19-15-24-17-21-40-22-18-24)20-16-29(26-7-3-1-4-8-26)27-9-5-2-6-10-27/h1-14,24,29,38H,15-23H2,(H,35,36,39). The molecule has 6 nitrogen and oxygen atoms in total. The molecule has 2 amide bonds. The van der Waals surface area contributed by atoms with E-state index in [0.717, 1.165) is 50.0 Å². The van der Waals surface area contributed by atoms with Crippen molar-refractivity contribution >= 4 is 34.1 Å². The quantitative estimate of drug-likeness (QED) is 0.187. The van der Waals surface area contributed by atoms with Gasteiger partial charge >= 0.3 is 6.03 Å². The van der Waals surface area contributed by atoms with E-state index in [4.69, 9.17) is 16.3 Å². The maximum atomic E-state index is 13.7. The molecule has 5 rings (SSSR count). The number of thiazole rings is 1. The monoisotopic (exact) mass is 589 g/mol. The lowest BCUT2D eigenvalue weighted by Gasteiger charge is -2.29. The number of halogens is 1. The number of anilines is 1. The third-order valence-electron chi connectivity index (χ3n) is 7.74. The molecule has 0 unspecified atom stereocenters. The molecule has 1 fully saturated rings. The van der Waals surface area contributed by atoms with Crippen LogP contribution >= 0.6 is 22.9 Å². The topological polar surface area (TPSA) is 74.7 Å². The number of carbonyl (C=O) groups is 1. The van der Waals surface area contributed by atoms with E-state index < -0.39 is 0 Å². The molecular weight excluding hydrogens is 554 g/mol. The van der Waals surface area contributed by atoms with E-state index in [1.165, 1.54) is 22.5 Å². The molecule has 1 aliphatic rings. The van der Waals surface area contributed by atoms with Gasteiger partial charge in [0.15, 0.2) is 5.13 Å². The fourth-order valence-electron chi connectivity index (χ4n) is 5.34. The Kier molecular flexibility index (Phi) is 10.4. The number of hydrogen-bond donors (Lipinski definition) is 2. The van der Waals surface area contributed by atoms with Crippen LogP contribution in [0.5, 0.6) is 0 Å². The summed E-state index contributed by atoms with van der Waals surface area (Å²) in [7, 11) is 0. The van der Waals surface area contributed by atoms with Crippen LogP contribution in [0.4, 0.5) is 9.93 Å². The van der Waals surface area contributed by atoms with Gasteiger partial charge in [0.05, 0.1) is 6.61 Å². The zero-order valence-electron chi connectivity index (χ0n) is 23.0. The minimum Gasteiger partial charge on any atom is -0.392 e. The average Bonchev–Trinajstić information content (AvgIpc) is 3.39. The summed E-state index contributed by atoms with van der Waals surface area (Å²) in [5.74, 6) is 0.736. The second kappa shape index (κ2) is 14.6. The number of urea groups is 1. The minimum atomic E-state index is -0.162. The van der Waals surface area contributed by atoms with Gasteiger partial charge in [-0.25, -0.2) is 9.78 Å². The molecule has 1 saturated heterocycles. The Morgan fingerprint density at radius 3 is 2.22 bits per heavy atom. The Bertz CT molecular complexity index is 1340. The fourth-order valence-corrected chi connectivity index (χ4v) is 6.42. The largest absolute Gasteiger partial charge is 0.392 e. The summed E-state index contributed by atoms with van der Waals surface area (Å²) in [6, 6.07) is 28.3. The van der Waals surface area contributed by atoms with Gasteiger partial charge in [-0.1, -0.05) is 108 Å². The molecule has 2 N–H and O–H groups in total. The second-order valence-corrected chi connectivity index (χ2v) is 12.0. The van der Waals surface area contributed by atoms with E-state index in [-0.39, 0.29) is 18.6 Å². The Morgan fingerprint density at radius 1 is 0.976 bits per heavy atom. The first-order valence-corrected chi connectivity index (χ1v) is 15.4. The smallest absolute Gasteiger partial charge is 0.323 e. The Morgan fingerprint density at radius 2 is 1.61 bits per heavy atom. The van der Waals surface area contributed by atoms with Crippen LogP contribution in [-0.4, -0.2) is 47.3 Å². The molecule has 0 spiro atoms. The van der Waals surface area contributed by atoms with Crippen molar-refractivity contribution in [3.63, 3.8) is 0 Å². The summed E-state index contributed by atoms with van der Waals surface area (Å²) in [5.41, 5.74) is 4.77. The molecule has 41 heavy (non-hydrogen) atoms. The van der Waals surface area contributed by atoms with Gasteiger partial charge in [0.25, 0.3) is 0 Å². The average molecular weight is 590 g/mol. The predicted octanol–water partition coefficient (Wildman–Crippen LogP) is 7.83. The highest BCUT2D eigenvalue weighted by molar-refractivity contribution is 7.20. The maximum absolute atomic E-state index is 13.7. The normalized spacial score (nSPS) is 13.8. The summed E-state index contributed by atoms with van der Waals surface area (Å²) in [6.45, 7) is 2.84. The molecule has 0 aliphatic carbocycles. The third kappa shape index (κ3) is 7.95. The van der Waals surface area contributed by atoms with E-state index >= 15 is 0 Å². The molecule has 0 saturated carbocycles. The molecule has 214 valence electrons. The summed E-state index contributed by atoms with van der Waals surface area (Å²) in [4.78, 5) is 20.3. The van der Waals surface area contributed by atoms with Crippen molar-refractivity contribution in [3.05, 3.63) is 106 Å². The molecular formula is C33H36ClN3O3S. The Labute approximate surface area is 251 Å². The van der Waals surface area contributed by atoms with Gasteiger partial charge in [0.1, 0.15) is 10.0 Å². The molecule has 4 aromatic rings. The van der Waals surface area contributed by atoms with Gasteiger partial charge in [-0.3, -0.25) is 5.32 Å². The number of amides is 2. The first-order valence-electron chi connectivity index (χ1n) is 14.2. The molecule has 1 aliphatic heterocycles. The van der Waals surface area contributed by atoms with Gasteiger partial charge in [0, 0.05) is 37.8 Å². The zero-order valence-corrected chi connectivity index (χ0v) is 24.6. The predicted molar refractivity (Wildman–Crippen MR) is 167 cm³/mol. The number of rotatable bonds is 11. The van der Waals surface area contributed by atoms with Crippen LogP contribution in [-0.2, 0) is 11.3 Å². The van der Waals surface area contributed by atoms with Crippen molar-refractivity contribution in [2.45, 2.75) is 38.2 Å². The van der Waals surface area contributed by atoms with Crippen LogP contribution in [0.15, 0.2) is 84.9 Å². The van der Waals surface area contributed by atoms with Gasteiger partial charge in [-0.05, 0) is 48.3 Å². The maximum Gasteiger partial charge on any atom is 0.323 e. The van der Waals surface area contributed by atoms with E-state index in [2.05, 4.69) is 58.8 Å². The second-order valence-electron chi connectivity index (χ2n) is 10.4. The zero-order chi connectivity index (χ0) is 28.4. The minimum absolute atomic E-state index is 0.0223. The first-order chi connectivity index (χ1) is 20.1. The van der Waals surface area contributed by atoms with Gasteiger partial charge in [-0.15, -0.1) is 0 Å². The van der Waals surface area contributed by atoms with Crippen molar-refractivity contribution < 1.29 is 14.6 Å². The number of aliphatic hydroxyl groups is 1. The van der Waals surface area contributed by atoms with Gasteiger partial charge < -0.3 is 14.7 Å². The molecule has 8 heteroatoms. The SMILES string of the molecule is O=C(Nc1nc(-c2ccc(CO)cc2)c(Cl)s1)N(CCC1CCOCC1)CCC(c1ccccc1)c1ccccc1. The van der Waals surface area contributed by atoms with E-state index in [1.807, 2.05) is 41.3 Å². The molecule has 0 atom stereocenters. The summed E-state index contributed by atoms with van der Waals surface area (Å²) in [6.07, 6.45) is 3.81. The Hall–Kier alpha value is -3.23. The summed E-state index contributed by atoms with van der Waals surface area (Å²) >= 11 is 7.81. The first kappa shape index (κ1) is 29.3. The summed E-state index contributed by atoms with van der Waals surface area (Å²) < 4.78 is 6.06. The van der Waals surface area contributed by atoms with Crippen molar-refractivity contribution in [1.82, 2.24) is 9.88 Å². The number of carbonyl (C=O) groups excluding carboxylic acids is 1. The van der Waals surface area contributed by atoms with E-state index in [9.17, 15) is 9.90 Å². The number of nitrogens with one attached hydrogen (secondary N) is 1. The van der Waals surface area contributed by atoms with Crippen LogP contribution in [0.3, 0.4) is 0 Å². The van der Waals surface area contributed by atoms with Crippen LogP contribution in [0.2, 0.25) is 4.34 Å². The number of hydrogen-bond acceptors (Lipinski definition) is 5. The molecule has 3 aromatic carbocycles. The number of ether oxygens (including phenoxy) is 1. The van der Waals surface area contributed by atoms with Crippen molar-refractivity contribution in [2.24, 2.45) is 5.92 Å². The Balaban J connectivity index is 1.32. The van der Waals surface area contributed by atoms with Gasteiger partial charge in [0.2, 0.25) is 0 Å². The van der Waals surface area contributed by atoms with Crippen LogP contribution in [0, 0.1) is 5.92 Å². The molecule has 2 heterocycles. The van der Waals surface area contributed by atoms with Crippen LogP contribution in [0.25, 0.3) is 11.3 Å². The van der Waals surface area contributed by atoms with E-state index in [0.29, 0.717) is 34.2 Å². The van der Waals surface area contributed by atoms with Crippen molar-refractivity contribution in [2.75, 3.05) is 31.6 Å². The highest BCUT2D eigenvalue weighted by Gasteiger charge is 2.23. The fraction of sp³-hybridized carbons (Fsp3) is 0.333. The third-order valence-corrected chi connectivity index (χ3v) is 8.91.